The van der Waals surface area contributed by atoms with Crippen molar-refractivity contribution in [1.29, 1.82) is 0 Å². The number of nitrogens with zero attached hydrogens (tertiary/aromatic N) is 2. The van der Waals surface area contributed by atoms with Crippen LogP contribution in [0.4, 0.5) is 4.79 Å². The highest BCUT2D eigenvalue weighted by Crippen LogP contribution is 2.40. The predicted octanol–water partition coefficient (Wildman–Crippen LogP) is 0.786. The monoisotopic (exact) mass is 298 g/mol. The van der Waals surface area contributed by atoms with Gasteiger partial charge in [0.05, 0.1) is 11.8 Å². The standard InChI is InChI=1S/C14H22N2O5/c1-14(2,3)21-13(20)16-6-4-15(5-7-16)11(17)9-8-10(9)12(18)19/h9-10H,4-8H2,1-3H3,(H,18,19)/t9-,10+/m1/s1. The molecule has 0 aromatic heterocycles. The van der Waals surface area contributed by atoms with E-state index in [9.17, 15) is 14.4 Å². The second-order valence-corrected chi connectivity index (χ2v) is 6.58. The molecule has 0 radical (unpaired) electrons. The van der Waals surface area contributed by atoms with Crippen molar-refractivity contribution in [2.24, 2.45) is 11.8 Å². The minimum atomic E-state index is -0.902. The van der Waals surface area contributed by atoms with E-state index in [4.69, 9.17) is 9.84 Å². The van der Waals surface area contributed by atoms with Gasteiger partial charge in [-0.05, 0) is 27.2 Å². The van der Waals surface area contributed by atoms with E-state index in [2.05, 4.69) is 0 Å². The summed E-state index contributed by atoms with van der Waals surface area (Å²) in [7, 11) is 0. The van der Waals surface area contributed by atoms with Gasteiger partial charge in [-0.2, -0.15) is 0 Å². The number of ether oxygens (including phenoxy) is 1. The van der Waals surface area contributed by atoms with Crippen LogP contribution in [0.1, 0.15) is 27.2 Å². The molecule has 7 heteroatoms. The molecule has 1 saturated carbocycles. The molecule has 1 heterocycles. The van der Waals surface area contributed by atoms with E-state index < -0.39 is 17.5 Å². The average molecular weight is 298 g/mol. The molecular formula is C14H22N2O5. The van der Waals surface area contributed by atoms with Crippen LogP contribution in [0.3, 0.4) is 0 Å². The van der Waals surface area contributed by atoms with Gasteiger partial charge in [0.25, 0.3) is 0 Å². The Kier molecular flexibility index (Phi) is 4.11. The molecule has 2 aliphatic rings. The molecule has 0 bridgehead atoms. The molecule has 7 nitrogen and oxygen atoms in total. The van der Waals surface area contributed by atoms with Crippen molar-refractivity contribution < 1.29 is 24.2 Å². The quantitative estimate of drug-likeness (QED) is 0.814. The number of carbonyl (C=O) groups is 3. The Labute approximate surface area is 123 Å². The first kappa shape index (κ1) is 15.6. The van der Waals surface area contributed by atoms with Crippen LogP contribution in [0.2, 0.25) is 0 Å². The normalized spacial score (nSPS) is 25.5. The molecular weight excluding hydrogens is 276 g/mol. The first-order valence-corrected chi connectivity index (χ1v) is 7.18. The fourth-order valence-corrected chi connectivity index (χ4v) is 2.41. The fraction of sp³-hybridized carbons (Fsp3) is 0.786. The zero-order valence-electron chi connectivity index (χ0n) is 12.7. The minimum absolute atomic E-state index is 0.105. The van der Waals surface area contributed by atoms with Gasteiger partial charge in [-0.3, -0.25) is 9.59 Å². The molecule has 0 unspecified atom stereocenters. The van der Waals surface area contributed by atoms with E-state index in [1.54, 1.807) is 9.80 Å². The van der Waals surface area contributed by atoms with Crippen LogP contribution in [-0.2, 0) is 14.3 Å². The first-order chi connectivity index (χ1) is 9.69. The average Bonchev–Trinajstić information content (AvgIpc) is 3.16. The van der Waals surface area contributed by atoms with Crippen LogP contribution in [-0.4, -0.2) is 64.7 Å². The maximum atomic E-state index is 12.1. The van der Waals surface area contributed by atoms with Crippen LogP contribution in [0.25, 0.3) is 0 Å². The maximum absolute atomic E-state index is 12.1. The van der Waals surface area contributed by atoms with Gasteiger partial charge >= 0.3 is 12.1 Å². The Bertz CT molecular complexity index is 449. The van der Waals surface area contributed by atoms with Gasteiger partial charge in [-0.25, -0.2) is 4.79 Å². The van der Waals surface area contributed by atoms with Crippen LogP contribution < -0.4 is 0 Å². The van der Waals surface area contributed by atoms with Crippen molar-refractivity contribution in [2.75, 3.05) is 26.2 Å². The second-order valence-electron chi connectivity index (χ2n) is 6.58. The molecule has 1 aliphatic carbocycles. The summed E-state index contributed by atoms with van der Waals surface area (Å²) in [6.45, 7) is 7.13. The molecule has 2 rings (SSSR count). The first-order valence-electron chi connectivity index (χ1n) is 7.18. The van der Waals surface area contributed by atoms with Gasteiger partial charge in [-0.1, -0.05) is 0 Å². The fourth-order valence-electron chi connectivity index (χ4n) is 2.41. The highest BCUT2D eigenvalue weighted by Gasteiger charge is 2.50. The Morgan fingerprint density at radius 2 is 1.52 bits per heavy atom. The summed E-state index contributed by atoms with van der Waals surface area (Å²) < 4.78 is 5.29. The lowest BCUT2D eigenvalue weighted by Crippen LogP contribution is -2.52. The lowest BCUT2D eigenvalue weighted by Gasteiger charge is -2.35. The van der Waals surface area contributed by atoms with Gasteiger partial charge in [0, 0.05) is 26.2 Å². The van der Waals surface area contributed by atoms with E-state index in [-0.39, 0.29) is 17.9 Å². The SMILES string of the molecule is CC(C)(C)OC(=O)N1CCN(C(=O)[C@@H]2C[C@@H]2C(=O)O)CC1. The van der Waals surface area contributed by atoms with E-state index >= 15 is 0 Å². The molecule has 2 fully saturated rings. The zero-order valence-corrected chi connectivity index (χ0v) is 12.7. The third-order valence-corrected chi connectivity index (χ3v) is 3.67. The number of aliphatic carboxylic acids is 1. The van der Waals surface area contributed by atoms with Gasteiger partial charge in [0.15, 0.2) is 0 Å². The van der Waals surface area contributed by atoms with Crippen molar-refractivity contribution >= 4 is 18.0 Å². The number of hydrogen-bond acceptors (Lipinski definition) is 4. The van der Waals surface area contributed by atoms with Crippen LogP contribution in [0.5, 0.6) is 0 Å². The summed E-state index contributed by atoms with van der Waals surface area (Å²) in [6.07, 6.45) is 0.0601. The van der Waals surface area contributed by atoms with E-state index in [0.29, 0.717) is 32.6 Å². The largest absolute Gasteiger partial charge is 0.481 e. The number of carboxylic acid groups (broad SMARTS) is 1. The Balaban J connectivity index is 1.80. The van der Waals surface area contributed by atoms with Crippen molar-refractivity contribution in [3.63, 3.8) is 0 Å². The zero-order chi connectivity index (χ0) is 15.8. The number of carboxylic acids is 1. The van der Waals surface area contributed by atoms with Crippen LogP contribution in [0.15, 0.2) is 0 Å². The van der Waals surface area contributed by atoms with E-state index in [1.807, 2.05) is 20.8 Å². The Morgan fingerprint density at radius 1 is 1.00 bits per heavy atom. The summed E-state index contributed by atoms with van der Waals surface area (Å²) in [6, 6.07) is 0. The topological polar surface area (TPSA) is 87.2 Å². The Hall–Kier alpha value is -1.79. The summed E-state index contributed by atoms with van der Waals surface area (Å²) >= 11 is 0. The molecule has 0 spiro atoms. The second kappa shape index (κ2) is 5.54. The lowest BCUT2D eigenvalue weighted by molar-refractivity contribution is -0.142. The molecule has 1 aliphatic heterocycles. The summed E-state index contributed by atoms with van der Waals surface area (Å²) in [5.41, 5.74) is -0.535. The van der Waals surface area contributed by atoms with Crippen LogP contribution in [0, 0.1) is 11.8 Å². The maximum Gasteiger partial charge on any atom is 0.410 e. The summed E-state index contributed by atoms with van der Waals surface area (Å²) in [5.74, 6) is -1.91. The molecule has 21 heavy (non-hydrogen) atoms. The number of piperazine rings is 1. The lowest BCUT2D eigenvalue weighted by atomic mass is 10.2. The number of carbonyl (C=O) groups excluding carboxylic acids is 2. The number of amides is 2. The van der Waals surface area contributed by atoms with E-state index in [1.165, 1.54) is 0 Å². The molecule has 118 valence electrons. The smallest absolute Gasteiger partial charge is 0.410 e. The predicted molar refractivity (Wildman–Crippen MR) is 73.6 cm³/mol. The highest BCUT2D eigenvalue weighted by atomic mass is 16.6. The van der Waals surface area contributed by atoms with Crippen molar-refractivity contribution in [2.45, 2.75) is 32.8 Å². The Morgan fingerprint density at radius 3 is 1.95 bits per heavy atom. The van der Waals surface area contributed by atoms with Crippen LogP contribution >= 0.6 is 0 Å². The molecule has 0 aromatic carbocycles. The molecule has 2 atom stereocenters. The molecule has 2 amide bonds. The number of rotatable bonds is 2. The van der Waals surface area contributed by atoms with Gasteiger partial charge in [0.2, 0.25) is 5.91 Å². The van der Waals surface area contributed by atoms with Gasteiger partial charge < -0.3 is 19.6 Å². The van der Waals surface area contributed by atoms with Gasteiger partial charge in [0.1, 0.15) is 5.60 Å². The third-order valence-electron chi connectivity index (χ3n) is 3.67. The molecule has 0 aromatic rings. The van der Waals surface area contributed by atoms with Crippen molar-refractivity contribution in [3.8, 4) is 0 Å². The van der Waals surface area contributed by atoms with Crippen molar-refractivity contribution in [3.05, 3.63) is 0 Å². The summed E-state index contributed by atoms with van der Waals surface area (Å²) in [4.78, 5) is 38.0. The molecule has 1 saturated heterocycles. The van der Waals surface area contributed by atoms with Gasteiger partial charge in [-0.15, -0.1) is 0 Å². The highest BCUT2D eigenvalue weighted by molar-refractivity contribution is 5.89. The van der Waals surface area contributed by atoms with Crippen molar-refractivity contribution in [1.82, 2.24) is 9.80 Å². The minimum Gasteiger partial charge on any atom is -0.481 e. The summed E-state index contributed by atoms with van der Waals surface area (Å²) in [5, 5.41) is 8.85. The third kappa shape index (κ3) is 3.86. The number of hydrogen-bond donors (Lipinski definition) is 1. The van der Waals surface area contributed by atoms with E-state index in [0.717, 1.165) is 0 Å². The molecule has 1 N–H and O–H groups in total.